The summed E-state index contributed by atoms with van der Waals surface area (Å²) in [5.41, 5.74) is 1.49. The number of anilines is 1. The summed E-state index contributed by atoms with van der Waals surface area (Å²) in [5, 5.41) is 10.0. The van der Waals surface area contributed by atoms with Gasteiger partial charge in [0.25, 0.3) is 5.91 Å². The topological polar surface area (TPSA) is 85.5 Å². The molecule has 0 saturated carbocycles. The SMILES string of the molecule is CCC[C@@H](O)CN1CCN(Cc2nc(C(=O)N3CCN(c4cccc(OC)c4)CC3)co2)CC1. The summed E-state index contributed by atoms with van der Waals surface area (Å²) in [6.45, 7) is 9.89. The summed E-state index contributed by atoms with van der Waals surface area (Å²) in [7, 11) is 1.67. The molecule has 1 amide bonds. The summed E-state index contributed by atoms with van der Waals surface area (Å²) in [4.78, 5) is 26.2. The molecular formula is C25H37N5O4. The largest absolute Gasteiger partial charge is 0.497 e. The molecule has 0 unspecified atom stereocenters. The highest BCUT2D eigenvalue weighted by molar-refractivity contribution is 5.92. The first kappa shape index (κ1) is 24.5. The van der Waals surface area contributed by atoms with E-state index in [1.807, 2.05) is 23.1 Å². The highest BCUT2D eigenvalue weighted by Crippen LogP contribution is 2.22. The average Bonchev–Trinajstić information content (AvgIpc) is 3.33. The van der Waals surface area contributed by atoms with E-state index in [4.69, 9.17) is 9.15 Å². The summed E-state index contributed by atoms with van der Waals surface area (Å²) < 4.78 is 11.0. The van der Waals surface area contributed by atoms with Crippen molar-refractivity contribution in [3.63, 3.8) is 0 Å². The van der Waals surface area contributed by atoms with Gasteiger partial charge in [-0.15, -0.1) is 0 Å². The molecule has 186 valence electrons. The van der Waals surface area contributed by atoms with Crippen molar-refractivity contribution in [3.05, 3.63) is 42.1 Å². The molecule has 0 spiro atoms. The number of methoxy groups -OCH3 is 1. The van der Waals surface area contributed by atoms with Crippen molar-refractivity contribution in [2.24, 2.45) is 0 Å². The summed E-state index contributed by atoms with van der Waals surface area (Å²) >= 11 is 0. The number of hydrogen-bond donors (Lipinski definition) is 1. The van der Waals surface area contributed by atoms with Crippen molar-refractivity contribution in [2.45, 2.75) is 32.4 Å². The van der Waals surface area contributed by atoms with E-state index >= 15 is 0 Å². The molecule has 34 heavy (non-hydrogen) atoms. The Morgan fingerprint density at radius 1 is 1.12 bits per heavy atom. The second-order valence-electron chi connectivity index (χ2n) is 9.13. The third-order valence-corrected chi connectivity index (χ3v) is 6.67. The van der Waals surface area contributed by atoms with Crippen molar-refractivity contribution in [2.75, 3.05) is 70.9 Å². The van der Waals surface area contributed by atoms with Gasteiger partial charge in [0.2, 0.25) is 5.89 Å². The number of ether oxygens (including phenoxy) is 1. The van der Waals surface area contributed by atoms with Crippen LogP contribution in [-0.2, 0) is 6.54 Å². The van der Waals surface area contributed by atoms with E-state index in [1.165, 1.54) is 6.26 Å². The number of carbonyl (C=O) groups excluding carboxylic acids is 1. The van der Waals surface area contributed by atoms with Gasteiger partial charge < -0.3 is 24.1 Å². The van der Waals surface area contributed by atoms with Crippen LogP contribution in [0, 0.1) is 0 Å². The molecule has 9 nitrogen and oxygen atoms in total. The van der Waals surface area contributed by atoms with Gasteiger partial charge in [-0.1, -0.05) is 19.4 Å². The van der Waals surface area contributed by atoms with Crippen LogP contribution < -0.4 is 9.64 Å². The lowest BCUT2D eigenvalue weighted by Gasteiger charge is -2.35. The molecule has 4 rings (SSSR count). The van der Waals surface area contributed by atoms with E-state index < -0.39 is 0 Å². The lowest BCUT2D eigenvalue weighted by atomic mass is 10.2. The average molecular weight is 472 g/mol. The zero-order valence-electron chi connectivity index (χ0n) is 20.4. The summed E-state index contributed by atoms with van der Waals surface area (Å²) in [6.07, 6.45) is 3.10. The molecule has 2 aliphatic rings. The van der Waals surface area contributed by atoms with Crippen molar-refractivity contribution in [1.29, 1.82) is 0 Å². The maximum absolute atomic E-state index is 13.0. The number of oxazole rings is 1. The van der Waals surface area contributed by atoms with Gasteiger partial charge >= 0.3 is 0 Å². The third-order valence-electron chi connectivity index (χ3n) is 6.67. The van der Waals surface area contributed by atoms with Gasteiger partial charge in [0.05, 0.1) is 19.8 Å². The predicted molar refractivity (Wildman–Crippen MR) is 130 cm³/mol. The number of aromatic nitrogens is 1. The fourth-order valence-electron chi connectivity index (χ4n) is 4.66. The second kappa shape index (κ2) is 11.7. The molecule has 2 fully saturated rings. The number of benzene rings is 1. The van der Waals surface area contributed by atoms with E-state index in [-0.39, 0.29) is 12.0 Å². The lowest BCUT2D eigenvalue weighted by molar-refractivity contribution is 0.0634. The molecule has 1 aromatic heterocycles. The van der Waals surface area contributed by atoms with Crippen LogP contribution in [0.1, 0.15) is 36.1 Å². The van der Waals surface area contributed by atoms with E-state index in [9.17, 15) is 9.90 Å². The van der Waals surface area contributed by atoms with E-state index in [1.54, 1.807) is 7.11 Å². The number of amides is 1. The van der Waals surface area contributed by atoms with E-state index in [0.29, 0.717) is 31.2 Å². The fourth-order valence-corrected chi connectivity index (χ4v) is 4.66. The van der Waals surface area contributed by atoms with Crippen LogP contribution in [0.5, 0.6) is 5.75 Å². The maximum atomic E-state index is 13.0. The molecule has 1 atom stereocenters. The van der Waals surface area contributed by atoms with Crippen LogP contribution in [0.4, 0.5) is 5.69 Å². The molecule has 9 heteroatoms. The maximum Gasteiger partial charge on any atom is 0.275 e. The van der Waals surface area contributed by atoms with E-state index in [2.05, 4.69) is 32.7 Å². The van der Waals surface area contributed by atoms with Gasteiger partial charge in [0, 0.05) is 70.7 Å². The molecule has 0 bridgehead atoms. The number of hydrogen-bond acceptors (Lipinski definition) is 8. The van der Waals surface area contributed by atoms with E-state index in [0.717, 1.165) is 70.1 Å². The van der Waals surface area contributed by atoms with Crippen molar-refractivity contribution in [1.82, 2.24) is 19.7 Å². The Morgan fingerprint density at radius 3 is 2.56 bits per heavy atom. The van der Waals surface area contributed by atoms with Gasteiger partial charge in [0.1, 0.15) is 12.0 Å². The number of aliphatic hydroxyl groups is 1. The first-order valence-corrected chi connectivity index (χ1v) is 12.3. The van der Waals surface area contributed by atoms with Crippen LogP contribution in [0.15, 0.2) is 34.9 Å². The molecule has 1 aromatic carbocycles. The van der Waals surface area contributed by atoms with Crippen LogP contribution >= 0.6 is 0 Å². The van der Waals surface area contributed by atoms with Gasteiger partial charge in [-0.25, -0.2) is 4.98 Å². The highest BCUT2D eigenvalue weighted by Gasteiger charge is 2.26. The molecule has 1 N–H and O–H groups in total. The van der Waals surface area contributed by atoms with Crippen LogP contribution in [-0.4, -0.2) is 103 Å². The zero-order valence-corrected chi connectivity index (χ0v) is 20.4. The molecule has 2 saturated heterocycles. The van der Waals surface area contributed by atoms with Gasteiger partial charge in [0.15, 0.2) is 5.69 Å². The minimum Gasteiger partial charge on any atom is -0.497 e. The Kier molecular flexibility index (Phi) is 8.42. The fraction of sp³-hybridized carbons (Fsp3) is 0.600. The summed E-state index contributed by atoms with van der Waals surface area (Å²) in [5.74, 6) is 1.34. The van der Waals surface area contributed by atoms with Gasteiger partial charge in [-0.2, -0.15) is 0 Å². The monoisotopic (exact) mass is 471 g/mol. The Balaban J connectivity index is 1.23. The lowest BCUT2D eigenvalue weighted by Crippen LogP contribution is -2.49. The molecule has 0 radical (unpaired) electrons. The molecule has 3 heterocycles. The Morgan fingerprint density at radius 2 is 1.85 bits per heavy atom. The van der Waals surface area contributed by atoms with Crippen molar-refractivity contribution < 1.29 is 19.1 Å². The van der Waals surface area contributed by atoms with Crippen LogP contribution in [0.3, 0.4) is 0 Å². The van der Waals surface area contributed by atoms with Gasteiger partial charge in [-0.05, 0) is 18.6 Å². The normalized spacial score (nSPS) is 18.8. The number of piperazine rings is 2. The minimum absolute atomic E-state index is 0.0741. The van der Waals surface area contributed by atoms with Crippen LogP contribution in [0.2, 0.25) is 0 Å². The molecule has 2 aliphatic heterocycles. The number of rotatable bonds is 9. The minimum atomic E-state index is -0.241. The number of carbonyl (C=O) groups is 1. The second-order valence-corrected chi connectivity index (χ2v) is 9.13. The molecule has 2 aromatic rings. The van der Waals surface area contributed by atoms with Crippen molar-refractivity contribution in [3.8, 4) is 5.75 Å². The predicted octanol–water partition coefficient (Wildman–Crippen LogP) is 1.92. The van der Waals surface area contributed by atoms with Crippen molar-refractivity contribution >= 4 is 11.6 Å². The summed E-state index contributed by atoms with van der Waals surface area (Å²) in [6, 6.07) is 8.01. The Bertz CT molecular complexity index is 920. The number of nitrogens with zero attached hydrogens (tertiary/aromatic N) is 5. The zero-order chi connectivity index (χ0) is 23.9. The first-order valence-electron chi connectivity index (χ1n) is 12.3. The standard InChI is InChI=1S/C25H37N5O4/c1-3-5-21(31)17-27-8-10-28(11-9-27)18-24-26-23(19-34-24)25(32)30-14-12-29(13-15-30)20-6-4-7-22(16-20)33-2/h4,6-7,16,19,21,31H,3,5,8-15,17-18H2,1-2H3/t21-/m1/s1. The third kappa shape index (κ3) is 6.28. The molecule has 0 aliphatic carbocycles. The highest BCUT2D eigenvalue weighted by atomic mass is 16.5. The van der Waals surface area contributed by atoms with Gasteiger partial charge in [-0.3, -0.25) is 14.6 Å². The number of β-amino-alcohol motifs (C(OH)–C–C–N with tert-alkyl or cyclic N) is 1. The number of aliphatic hydroxyl groups excluding tert-OH is 1. The first-order chi connectivity index (χ1) is 16.6. The van der Waals surface area contributed by atoms with Crippen LogP contribution in [0.25, 0.3) is 0 Å². The Hall–Kier alpha value is -2.62. The Labute approximate surface area is 201 Å². The quantitative estimate of drug-likeness (QED) is 0.594. The smallest absolute Gasteiger partial charge is 0.275 e. The molecular weight excluding hydrogens is 434 g/mol.